The molecule has 1 atom stereocenters. The molecular formula is C18H27FN3O2+. The lowest BCUT2D eigenvalue weighted by Gasteiger charge is -2.19. The van der Waals surface area contributed by atoms with E-state index in [1.165, 1.54) is 12.1 Å². The first-order valence-electron chi connectivity index (χ1n) is 8.65. The summed E-state index contributed by atoms with van der Waals surface area (Å²) in [5, 5.41) is 7.10. The van der Waals surface area contributed by atoms with Crippen LogP contribution >= 0.6 is 0 Å². The van der Waals surface area contributed by atoms with Crippen molar-refractivity contribution in [2.24, 2.45) is 5.92 Å². The molecule has 0 heterocycles. The molecule has 0 spiro atoms. The van der Waals surface area contributed by atoms with Gasteiger partial charge in [-0.05, 0) is 25.0 Å². The molecule has 1 saturated carbocycles. The average Bonchev–Trinajstić information content (AvgIpc) is 3.01. The highest BCUT2D eigenvalue weighted by Gasteiger charge is 2.22. The van der Waals surface area contributed by atoms with Crippen molar-refractivity contribution < 1.29 is 19.3 Å². The van der Waals surface area contributed by atoms with E-state index in [1.54, 1.807) is 12.1 Å². The normalized spacial score (nSPS) is 16.2. The molecule has 1 aliphatic rings. The van der Waals surface area contributed by atoms with Gasteiger partial charge in [-0.1, -0.05) is 38.8 Å². The molecule has 3 amide bonds. The molecule has 5 nitrogen and oxygen atoms in total. The Morgan fingerprint density at radius 2 is 1.83 bits per heavy atom. The van der Waals surface area contributed by atoms with Crippen LogP contribution in [0.25, 0.3) is 0 Å². The minimum atomic E-state index is -0.414. The van der Waals surface area contributed by atoms with Crippen molar-refractivity contribution in [3.8, 4) is 0 Å². The van der Waals surface area contributed by atoms with E-state index in [2.05, 4.69) is 24.5 Å². The molecule has 1 fully saturated rings. The van der Waals surface area contributed by atoms with Crippen molar-refractivity contribution in [1.29, 1.82) is 0 Å². The van der Waals surface area contributed by atoms with Crippen molar-refractivity contribution in [2.75, 3.05) is 6.54 Å². The largest absolute Gasteiger partial charge is 0.335 e. The van der Waals surface area contributed by atoms with Gasteiger partial charge < -0.3 is 10.6 Å². The summed E-state index contributed by atoms with van der Waals surface area (Å²) in [6.45, 7) is 4.25. The Labute approximate surface area is 142 Å². The Hall–Kier alpha value is -1.95. The zero-order chi connectivity index (χ0) is 17.5. The van der Waals surface area contributed by atoms with Gasteiger partial charge in [0, 0.05) is 17.5 Å². The maximum absolute atomic E-state index is 13.1. The van der Waals surface area contributed by atoms with E-state index in [4.69, 9.17) is 0 Å². The summed E-state index contributed by atoms with van der Waals surface area (Å²) in [7, 11) is 0. The van der Waals surface area contributed by atoms with Crippen LogP contribution in [0.15, 0.2) is 24.3 Å². The first-order chi connectivity index (χ1) is 11.5. The third-order valence-corrected chi connectivity index (χ3v) is 4.47. The number of carbonyl (C=O) groups is 2. The van der Waals surface area contributed by atoms with E-state index in [0.717, 1.165) is 31.2 Å². The molecule has 0 radical (unpaired) electrons. The Kier molecular flexibility index (Phi) is 6.73. The third kappa shape index (κ3) is 5.60. The van der Waals surface area contributed by atoms with Crippen LogP contribution in [0.1, 0.15) is 51.1 Å². The molecule has 0 bridgehead atoms. The molecule has 2 rings (SSSR count). The van der Waals surface area contributed by atoms with Crippen molar-refractivity contribution in [3.05, 3.63) is 35.6 Å². The van der Waals surface area contributed by atoms with E-state index in [0.29, 0.717) is 0 Å². The van der Waals surface area contributed by atoms with Crippen molar-refractivity contribution >= 4 is 11.9 Å². The summed E-state index contributed by atoms with van der Waals surface area (Å²) in [5.74, 6) is -0.323. The number of imide groups is 1. The van der Waals surface area contributed by atoms with Gasteiger partial charge >= 0.3 is 6.03 Å². The number of hydrogen-bond acceptors (Lipinski definition) is 2. The Bertz CT molecular complexity index is 554. The molecule has 132 valence electrons. The number of urea groups is 1. The summed E-state index contributed by atoms with van der Waals surface area (Å²) in [5.41, 5.74) is 0.967. The third-order valence-electron chi connectivity index (χ3n) is 4.47. The molecule has 1 aromatic rings. The minimum absolute atomic E-state index is 0.0363. The van der Waals surface area contributed by atoms with Crippen LogP contribution < -0.4 is 16.0 Å². The second-order valence-electron chi connectivity index (χ2n) is 6.76. The summed E-state index contributed by atoms with van der Waals surface area (Å²) in [4.78, 5) is 23.8. The van der Waals surface area contributed by atoms with Gasteiger partial charge in [0.05, 0.1) is 0 Å². The second kappa shape index (κ2) is 8.78. The maximum atomic E-state index is 13.1. The topological polar surface area (TPSA) is 74.8 Å². The monoisotopic (exact) mass is 336 g/mol. The average molecular weight is 336 g/mol. The van der Waals surface area contributed by atoms with Gasteiger partial charge in [-0.3, -0.25) is 10.1 Å². The predicted octanol–water partition coefficient (Wildman–Crippen LogP) is 1.85. The molecule has 4 N–H and O–H groups in total. The van der Waals surface area contributed by atoms with Crippen LogP contribution in [0.3, 0.4) is 0 Å². The Morgan fingerprint density at radius 3 is 2.42 bits per heavy atom. The molecule has 1 aliphatic carbocycles. The lowest BCUT2D eigenvalue weighted by Crippen LogP contribution is -2.88. The van der Waals surface area contributed by atoms with E-state index < -0.39 is 6.03 Å². The molecule has 1 aromatic carbocycles. The summed E-state index contributed by atoms with van der Waals surface area (Å²) >= 11 is 0. The maximum Gasteiger partial charge on any atom is 0.321 e. The fourth-order valence-corrected chi connectivity index (χ4v) is 3.18. The highest BCUT2D eigenvalue weighted by atomic mass is 19.1. The second-order valence-corrected chi connectivity index (χ2v) is 6.76. The zero-order valence-corrected chi connectivity index (χ0v) is 14.3. The lowest BCUT2D eigenvalue weighted by molar-refractivity contribution is -0.692. The van der Waals surface area contributed by atoms with Gasteiger partial charge in [0.25, 0.3) is 5.91 Å². The van der Waals surface area contributed by atoms with Crippen LogP contribution in [0, 0.1) is 11.7 Å². The number of quaternary nitrogens is 1. The summed E-state index contributed by atoms with van der Waals surface area (Å²) < 4.78 is 13.1. The highest BCUT2D eigenvalue weighted by molar-refractivity contribution is 5.94. The quantitative estimate of drug-likeness (QED) is 0.742. The number of carbonyl (C=O) groups excluding carboxylic acids is 2. The Balaban J connectivity index is 1.81. The van der Waals surface area contributed by atoms with Gasteiger partial charge in [0.2, 0.25) is 0 Å². The van der Waals surface area contributed by atoms with E-state index >= 15 is 0 Å². The first-order valence-corrected chi connectivity index (χ1v) is 8.65. The molecule has 0 aliphatic heterocycles. The first kappa shape index (κ1) is 18.4. The molecule has 0 saturated heterocycles. The molecule has 24 heavy (non-hydrogen) atoms. The fourth-order valence-electron chi connectivity index (χ4n) is 3.18. The number of rotatable bonds is 6. The predicted molar refractivity (Wildman–Crippen MR) is 89.7 cm³/mol. The molecular weight excluding hydrogens is 309 g/mol. The van der Waals surface area contributed by atoms with E-state index in [-0.39, 0.29) is 36.3 Å². The number of halogens is 1. The van der Waals surface area contributed by atoms with Gasteiger partial charge in [-0.2, -0.15) is 0 Å². The number of amides is 3. The standard InChI is InChI=1S/C18H26FN3O2/c1-12(2)17(13-7-9-14(19)10-8-13)20-11-16(23)22-18(24)21-15-5-3-4-6-15/h7-10,12,15,17,20H,3-6,11H2,1-2H3,(H2,21,22,23,24)/p+1/t17-/m1/s1. The summed E-state index contributed by atoms with van der Waals surface area (Å²) in [6, 6.07) is 6.13. The van der Waals surface area contributed by atoms with Crippen LogP contribution in [0.5, 0.6) is 0 Å². The Morgan fingerprint density at radius 1 is 1.21 bits per heavy atom. The number of benzene rings is 1. The van der Waals surface area contributed by atoms with Crippen molar-refractivity contribution in [3.63, 3.8) is 0 Å². The molecule has 0 unspecified atom stereocenters. The van der Waals surface area contributed by atoms with Crippen molar-refractivity contribution in [1.82, 2.24) is 10.6 Å². The van der Waals surface area contributed by atoms with Gasteiger partial charge in [-0.25, -0.2) is 9.18 Å². The lowest BCUT2D eigenvalue weighted by atomic mass is 9.96. The van der Waals surface area contributed by atoms with E-state index in [1.807, 2.05) is 5.32 Å². The van der Waals surface area contributed by atoms with E-state index in [9.17, 15) is 14.0 Å². The van der Waals surface area contributed by atoms with Crippen molar-refractivity contribution in [2.45, 2.75) is 51.6 Å². The fraction of sp³-hybridized carbons (Fsp3) is 0.556. The molecule has 6 heteroatoms. The number of nitrogens with one attached hydrogen (secondary N) is 2. The number of hydrogen-bond donors (Lipinski definition) is 3. The van der Waals surface area contributed by atoms with Crippen LogP contribution in [0.2, 0.25) is 0 Å². The SMILES string of the molecule is CC(C)[C@@H]([NH2+]CC(=O)NC(=O)NC1CCCC1)c1ccc(F)cc1. The molecule has 0 aromatic heterocycles. The van der Waals surface area contributed by atoms with Gasteiger partial charge in [0.1, 0.15) is 11.9 Å². The van der Waals surface area contributed by atoms with Gasteiger partial charge in [-0.15, -0.1) is 0 Å². The zero-order valence-electron chi connectivity index (χ0n) is 14.3. The number of nitrogens with two attached hydrogens (primary N) is 1. The van der Waals surface area contributed by atoms with Gasteiger partial charge in [0.15, 0.2) is 6.54 Å². The summed E-state index contributed by atoms with van der Waals surface area (Å²) in [6.07, 6.45) is 4.21. The highest BCUT2D eigenvalue weighted by Crippen LogP contribution is 2.18. The van der Waals surface area contributed by atoms with Crippen LogP contribution in [-0.4, -0.2) is 24.5 Å². The van der Waals surface area contributed by atoms with Crippen LogP contribution in [-0.2, 0) is 4.79 Å². The van der Waals surface area contributed by atoms with Crippen LogP contribution in [0.4, 0.5) is 9.18 Å². The smallest absolute Gasteiger partial charge is 0.321 e. The minimum Gasteiger partial charge on any atom is -0.335 e.